The van der Waals surface area contributed by atoms with Crippen LogP contribution < -0.4 is 0 Å². The highest BCUT2D eigenvalue weighted by atomic mass is 15.0. The number of benzene rings is 8. The second kappa shape index (κ2) is 10.8. The minimum atomic E-state index is 0.653. The van der Waals surface area contributed by atoms with Crippen LogP contribution in [0.4, 0.5) is 0 Å². The molecule has 1 aromatic heterocycles. The summed E-state index contributed by atoms with van der Waals surface area (Å²) < 4.78 is 0. The predicted octanol–water partition coefficient (Wildman–Crippen LogP) is 11.2. The van der Waals surface area contributed by atoms with E-state index in [-0.39, 0.29) is 0 Å². The number of hydrogen-bond donors (Lipinski definition) is 0. The normalized spacial score (nSPS) is 11.5. The average molecular weight is 586 g/mol. The molecule has 214 valence electrons. The Bertz CT molecular complexity index is 2570. The number of aromatic nitrogens is 3. The summed E-state index contributed by atoms with van der Waals surface area (Å²) in [5.41, 5.74) is 5.23. The molecule has 0 aliphatic carbocycles. The van der Waals surface area contributed by atoms with Crippen molar-refractivity contribution < 1.29 is 0 Å². The summed E-state index contributed by atoms with van der Waals surface area (Å²) in [5, 5.41) is 9.65. The molecular weight excluding hydrogens is 558 g/mol. The molecule has 0 fully saturated rings. The summed E-state index contributed by atoms with van der Waals surface area (Å²) in [6.07, 6.45) is 0. The molecule has 0 unspecified atom stereocenters. The topological polar surface area (TPSA) is 38.7 Å². The second-order valence-corrected chi connectivity index (χ2v) is 11.7. The summed E-state index contributed by atoms with van der Waals surface area (Å²) in [5.74, 6) is 1.97. The molecule has 0 spiro atoms. The van der Waals surface area contributed by atoms with E-state index < -0.39 is 0 Å². The molecule has 0 N–H and O–H groups in total. The molecule has 8 aromatic carbocycles. The lowest BCUT2D eigenvalue weighted by molar-refractivity contribution is 1.08. The van der Waals surface area contributed by atoms with Crippen molar-refractivity contribution >= 4 is 43.1 Å². The minimum absolute atomic E-state index is 0.653. The summed E-state index contributed by atoms with van der Waals surface area (Å²) >= 11 is 0. The van der Waals surface area contributed by atoms with Crippen LogP contribution in [0, 0.1) is 0 Å². The third-order valence-corrected chi connectivity index (χ3v) is 8.90. The van der Waals surface area contributed by atoms with E-state index in [1.165, 1.54) is 32.5 Å². The molecule has 9 aromatic rings. The summed E-state index contributed by atoms with van der Waals surface area (Å²) in [6, 6.07) is 57.6. The third-order valence-electron chi connectivity index (χ3n) is 8.90. The standard InChI is InChI=1S/C43H27N3/c1-3-10-28(11-4-1)32-19-18-30-15-9-17-39(40(30)27-32)43-45-41(31-13-5-2-6-14-31)44-42(46-43)34-22-23-36-33(26-34)21-25-37-35-16-8-7-12-29(35)20-24-38(36)37/h1-27H. The fourth-order valence-electron chi connectivity index (χ4n) is 6.59. The first kappa shape index (κ1) is 26.2. The molecular formula is C43H27N3. The van der Waals surface area contributed by atoms with Gasteiger partial charge in [-0.2, -0.15) is 0 Å². The van der Waals surface area contributed by atoms with Crippen LogP contribution in [0.25, 0.3) is 88.4 Å². The number of rotatable bonds is 4. The lowest BCUT2D eigenvalue weighted by Crippen LogP contribution is -2.00. The maximum absolute atomic E-state index is 5.14. The molecule has 1 heterocycles. The Morgan fingerprint density at radius 3 is 1.61 bits per heavy atom. The Labute approximate surface area is 266 Å². The highest BCUT2D eigenvalue weighted by Gasteiger charge is 2.16. The van der Waals surface area contributed by atoms with Crippen LogP contribution in [0.2, 0.25) is 0 Å². The van der Waals surface area contributed by atoms with Gasteiger partial charge in [-0.1, -0.05) is 152 Å². The number of fused-ring (bicyclic) bond motifs is 6. The van der Waals surface area contributed by atoms with Crippen molar-refractivity contribution in [2.24, 2.45) is 0 Å². The van der Waals surface area contributed by atoms with Gasteiger partial charge in [0.1, 0.15) is 0 Å². The Morgan fingerprint density at radius 2 is 0.804 bits per heavy atom. The maximum Gasteiger partial charge on any atom is 0.164 e. The van der Waals surface area contributed by atoms with Gasteiger partial charge < -0.3 is 0 Å². The highest BCUT2D eigenvalue weighted by Crippen LogP contribution is 2.35. The summed E-state index contributed by atoms with van der Waals surface area (Å²) in [7, 11) is 0. The van der Waals surface area contributed by atoms with E-state index in [4.69, 9.17) is 15.0 Å². The van der Waals surface area contributed by atoms with Gasteiger partial charge in [0, 0.05) is 16.7 Å². The Kier molecular flexibility index (Phi) is 6.14. The SMILES string of the molecule is c1ccc(-c2ccc3cccc(-c4nc(-c5ccccc5)nc(-c5ccc6c(ccc7c8ccccc8ccc67)c5)n4)c3c2)cc1. The monoisotopic (exact) mass is 585 g/mol. The van der Waals surface area contributed by atoms with Gasteiger partial charge in [0.2, 0.25) is 0 Å². The van der Waals surface area contributed by atoms with Gasteiger partial charge in [-0.25, -0.2) is 15.0 Å². The van der Waals surface area contributed by atoms with Gasteiger partial charge in [-0.3, -0.25) is 0 Å². The fraction of sp³-hybridized carbons (Fsp3) is 0. The molecule has 0 saturated heterocycles. The maximum atomic E-state index is 5.14. The smallest absolute Gasteiger partial charge is 0.164 e. The Morgan fingerprint density at radius 1 is 0.261 bits per heavy atom. The molecule has 0 radical (unpaired) electrons. The van der Waals surface area contributed by atoms with Crippen LogP contribution in [-0.4, -0.2) is 15.0 Å². The van der Waals surface area contributed by atoms with Gasteiger partial charge in [0.05, 0.1) is 0 Å². The quantitative estimate of drug-likeness (QED) is 0.193. The van der Waals surface area contributed by atoms with Crippen molar-refractivity contribution in [2.45, 2.75) is 0 Å². The largest absolute Gasteiger partial charge is 0.208 e. The van der Waals surface area contributed by atoms with Crippen molar-refractivity contribution in [2.75, 3.05) is 0 Å². The molecule has 46 heavy (non-hydrogen) atoms. The molecule has 9 rings (SSSR count). The highest BCUT2D eigenvalue weighted by molar-refractivity contribution is 6.17. The minimum Gasteiger partial charge on any atom is -0.208 e. The Balaban J connectivity index is 1.24. The zero-order valence-electron chi connectivity index (χ0n) is 24.9. The molecule has 0 aliphatic rings. The van der Waals surface area contributed by atoms with Crippen LogP contribution in [0.1, 0.15) is 0 Å². The van der Waals surface area contributed by atoms with Crippen LogP contribution in [0.5, 0.6) is 0 Å². The first-order chi connectivity index (χ1) is 22.8. The van der Waals surface area contributed by atoms with Gasteiger partial charge in [0.15, 0.2) is 17.5 Å². The van der Waals surface area contributed by atoms with E-state index in [1.807, 2.05) is 24.3 Å². The molecule has 0 saturated carbocycles. The molecule has 0 aliphatic heterocycles. The van der Waals surface area contributed by atoms with Gasteiger partial charge in [-0.05, 0) is 66.3 Å². The van der Waals surface area contributed by atoms with E-state index in [2.05, 4.69) is 140 Å². The Hall–Kier alpha value is -6.19. The molecule has 3 heteroatoms. The van der Waals surface area contributed by atoms with E-state index in [0.29, 0.717) is 17.5 Å². The summed E-state index contributed by atoms with van der Waals surface area (Å²) in [4.78, 5) is 15.2. The van der Waals surface area contributed by atoms with Crippen LogP contribution in [0.3, 0.4) is 0 Å². The van der Waals surface area contributed by atoms with E-state index in [9.17, 15) is 0 Å². The third kappa shape index (κ3) is 4.49. The van der Waals surface area contributed by atoms with Crippen molar-refractivity contribution in [3.8, 4) is 45.3 Å². The van der Waals surface area contributed by atoms with Crippen molar-refractivity contribution in [1.82, 2.24) is 15.0 Å². The first-order valence-corrected chi connectivity index (χ1v) is 15.5. The average Bonchev–Trinajstić information content (AvgIpc) is 3.14. The van der Waals surface area contributed by atoms with Crippen LogP contribution in [-0.2, 0) is 0 Å². The van der Waals surface area contributed by atoms with E-state index >= 15 is 0 Å². The van der Waals surface area contributed by atoms with Crippen LogP contribution >= 0.6 is 0 Å². The summed E-state index contributed by atoms with van der Waals surface area (Å²) in [6.45, 7) is 0. The lowest BCUT2D eigenvalue weighted by Gasteiger charge is -2.12. The molecule has 0 bridgehead atoms. The van der Waals surface area contributed by atoms with Gasteiger partial charge in [0.25, 0.3) is 0 Å². The molecule has 0 amide bonds. The van der Waals surface area contributed by atoms with E-state index in [0.717, 1.165) is 38.4 Å². The number of hydrogen-bond acceptors (Lipinski definition) is 3. The van der Waals surface area contributed by atoms with Crippen molar-refractivity contribution in [3.63, 3.8) is 0 Å². The zero-order chi connectivity index (χ0) is 30.5. The van der Waals surface area contributed by atoms with Crippen LogP contribution in [0.15, 0.2) is 164 Å². The fourth-order valence-corrected chi connectivity index (χ4v) is 6.59. The zero-order valence-corrected chi connectivity index (χ0v) is 24.9. The van der Waals surface area contributed by atoms with E-state index in [1.54, 1.807) is 0 Å². The van der Waals surface area contributed by atoms with Gasteiger partial charge in [-0.15, -0.1) is 0 Å². The predicted molar refractivity (Wildman–Crippen MR) is 192 cm³/mol. The molecule has 0 atom stereocenters. The second-order valence-electron chi connectivity index (χ2n) is 11.7. The molecule has 3 nitrogen and oxygen atoms in total. The van der Waals surface area contributed by atoms with Crippen molar-refractivity contribution in [3.05, 3.63) is 164 Å². The van der Waals surface area contributed by atoms with Crippen molar-refractivity contribution in [1.29, 1.82) is 0 Å². The first-order valence-electron chi connectivity index (χ1n) is 15.5. The lowest BCUT2D eigenvalue weighted by atomic mass is 9.96. The number of nitrogens with zero attached hydrogens (tertiary/aromatic N) is 3. The van der Waals surface area contributed by atoms with Gasteiger partial charge >= 0.3 is 0 Å².